The number of hydrogen-bond donors (Lipinski definition) is 2. The van der Waals surface area contributed by atoms with Crippen LogP contribution in [0.5, 0.6) is 0 Å². The number of rotatable bonds is 2. The summed E-state index contributed by atoms with van der Waals surface area (Å²) in [6.45, 7) is 3.46. The Morgan fingerprint density at radius 2 is 2.29 bits per heavy atom. The number of hydrogen-bond acceptors (Lipinski definition) is 3. The molecule has 0 saturated carbocycles. The van der Waals surface area contributed by atoms with E-state index in [1.54, 1.807) is 0 Å². The van der Waals surface area contributed by atoms with Crippen molar-refractivity contribution in [3.8, 4) is 0 Å². The third-order valence-corrected chi connectivity index (χ3v) is 3.26. The summed E-state index contributed by atoms with van der Waals surface area (Å²) in [5.74, 6) is -0.500. The first-order valence-electron chi connectivity index (χ1n) is 5.61. The second kappa shape index (κ2) is 4.70. The highest BCUT2D eigenvalue weighted by atomic mass is 35.5. The van der Waals surface area contributed by atoms with E-state index in [9.17, 15) is 4.39 Å². The van der Waals surface area contributed by atoms with Crippen LogP contribution in [-0.2, 0) is 4.74 Å². The van der Waals surface area contributed by atoms with Crippen LogP contribution in [0.4, 0.5) is 15.8 Å². The molecule has 3 N–H and O–H groups in total. The summed E-state index contributed by atoms with van der Waals surface area (Å²) in [7, 11) is 0. The van der Waals surface area contributed by atoms with Gasteiger partial charge in [-0.2, -0.15) is 0 Å². The molecule has 1 unspecified atom stereocenters. The molecular weight excluding hydrogens is 243 g/mol. The molecule has 1 aromatic rings. The zero-order chi connectivity index (χ0) is 12.5. The second-order valence-corrected chi connectivity index (χ2v) is 5.10. The number of nitrogen functional groups attached to an aromatic ring is 1. The molecule has 0 radical (unpaired) electrons. The summed E-state index contributed by atoms with van der Waals surface area (Å²) in [5, 5.41) is 3.36. The summed E-state index contributed by atoms with van der Waals surface area (Å²) in [6.07, 6.45) is 1.99. The Morgan fingerprint density at radius 1 is 1.53 bits per heavy atom. The van der Waals surface area contributed by atoms with Crippen LogP contribution in [0.3, 0.4) is 0 Å². The smallest absolute Gasteiger partial charge is 0.143 e. The first kappa shape index (κ1) is 12.5. The number of halogens is 2. The lowest BCUT2D eigenvalue weighted by atomic mass is 9.94. The molecule has 0 aliphatic carbocycles. The fraction of sp³-hybridized carbons (Fsp3) is 0.500. The third kappa shape index (κ3) is 2.82. The molecule has 3 nitrogen and oxygen atoms in total. The van der Waals surface area contributed by atoms with E-state index >= 15 is 0 Å². The van der Waals surface area contributed by atoms with E-state index in [1.807, 2.05) is 0 Å². The van der Waals surface area contributed by atoms with E-state index in [0.717, 1.165) is 19.4 Å². The van der Waals surface area contributed by atoms with Crippen LogP contribution in [0.15, 0.2) is 12.1 Å². The number of benzene rings is 1. The highest BCUT2D eigenvalue weighted by molar-refractivity contribution is 6.31. The van der Waals surface area contributed by atoms with Crippen LogP contribution in [0.2, 0.25) is 5.02 Å². The minimum atomic E-state index is -0.500. The molecule has 0 spiro atoms. The molecule has 1 aliphatic heterocycles. The Labute approximate surface area is 105 Å². The van der Waals surface area contributed by atoms with Crippen molar-refractivity contribution in [3.63, 3.8) is 0 Å². The zero-order valence-corrected chi connectivity index (χ0v) is 10.5. The fourth-order valence-electron chi connectivity index (χ4n) is 2.03. The van der Waals surface area contributed by atoms with Crippen molar-refractivity contribution in [2.45, 2.75) is 25.3 Å². The van der Waals surface area contributed by atoms with Gasteiger partial charge in [0, 0.05) is 12.7 Å². The van der Waals surface area contributed by atoms with Gasteiger partial charge < -0.3 is 15.8 Å². The van der Waals surface area contributed by atoms with Crippen molar-refractivity contribution in [2.75, 3.05) is 24.3 Å². The van der Waals surface area contributed by atoms with Gasteiger partial charge in [-0.15, -0.1) is 0 Å². The molecular formula is C12H16ClFN2O. The molecule has 17 heavy (non-hydrogen) atoms. The molecule has 0 bridgehead atoms. The van der Waals surface area contributed by atoms with E-state index in [0.29, 0.717) is 18.0 Å². The van der Waals surface area contributed by atoms with E-state index in [-0.39, 0.29) is 10.6 Å². The normalized spacial score (nSPS) is 24.6. The highest BCUT2D eigenvalue weighted by Crippen LogP contribution is 2.31. The minimum absolute atomic E-state index is 0.0713. The van der Waals surface area contributed by atoms with Crippen LogP contribution >= 0.6 is 11.6 Å². The second-order valence-electron chi connectivity index (χ2n) is 4.70. The lowest BCUT2D eigenvalue weighted by Crippen LogP contribution is -2.43. The van der Waals surface area contributed by atoms with Gasteiger partial charge >= 0.3 is 0 Å². The molecule has 1 aromatic carbocycles. The first-order valence-corrected chi connectivity index (χ1v) is 5.98. The van der Waals surface area contributed by atoms with E-state index in [4.69, 9.17) is 22.1 Å². The maximum atomic E-state index is 13.2. The van der Waals surface area contributed by atoms with Crippen LogP contribution in [0.1, 0.15) is 19.8 Å². The predicted molar refractivity (Wildman–Crippen MR) is 67.9 cm³/mol. The van der Waals surface area contributed by atoms with Crippen molar-refractivity contribution in [3.05, 3.63) is 23.0 Å². The molecule has 1 atom stereocenters. The largest absolute Gasteiger partial charge is 0.397 e. The van der Waals surface area contributed by atoms with Gasteiger partial charge in [0.15, 0.2) is 0 Å². The average molecular weight is 259 g/mol. The first-order chi connectivity index (χ1) is 8.00. The van der Waals surface area contributed by atoms with Crippen molar-refractivity contribution in [1.82, 2.24) is 0 Å². The van der Waals surface area contributed by atoms with Crippen molar-refractivity contribution in [2.24, 2.45) is 0 Å². The van der Waals surface area contributed by atoms with E-state index in [2.05, 4.69) is 12.2 Å². The predicted octanol–water partition coefficient (Wildman–Crippen LogP) is 3.04. The Kier molecular flexibility index (Phi) is 3.45. The van der Waals surface area contributed by atoms with Crippen LogP contribution in [0, 0.1) is 5.82 Å². The van der Waals surface area contributed by atoms with Crippen LogP contribution < -0.4 is 11.1 Å². The number of ether oxygens (including phenoxy) is 1. The molecule has 1 saturated heterocycles. The molecule has 94 valence electrons. The molecule has 0 aromatic heterocycles. The van der Waals surface area contributed by atoms with Gasteiger partial charge in [0.1, 0.15) is 5.82 Å². The Hall–Kier alpha value is -1.00. The molecule has 0 amide bonds. The molecule has 2 rings (SSSR count). The van der Waals surface area contributed by atoms with Gasteiger partial charge in [0.25, 0.3) is 0 Å². The van der Waals surface area contributed by atoms with Gasteiger partial charge in [-0.05, 0) is 25.8 Å². The Balaban J connectivity index is 2.20. The van der Waals surface area contributed by atoms with Crippen LogP contribution in [-0.4, -0.2) is 18.8 Å². The van der Waals surface area contributed by atoms with Crippen molar-refractivity contribution in [1.29, 1.82) is 0 Å². The maximum absolute atomic E-state index is 13.2. The van der Waals surface area contributed by atoms with Gasteiger partial charge in [0.2, 0.25) is 0 Å². The van der Waals surface area contributed by atoms with Crippen LogP contribution in [0.25, 0.3) is 0 Å². The standard InChI is InChI=1S/C12H16ClFN2O/c1-12(3-2-4-17-7-12)16-11-5-8(13)9(14)6-10(11)15/h5-6,16H,2-4,7,15H2,1H3. The monoisotopic (exact) mass is 258 g/mol. The van der Waals surface area contributed by atoms with Gasteiger partial charge in [-0.25, -0.2) is 4.39 Å². The fourth-order valence-corrected chi connectivity index (χ4v) is 2.19. The van der Waals surface area contributed by atoms with Gasteiger partial charge in [0.05, 0.1) is 28.5 Å². The molecule has 1 heterocycles. The Bertz CT molecular complexity index is 419. The summed E-state index contributed by atoms with van der Waals surface area (Å²) in [6, 6.07) is 2.75. The van der Waals surface area contributed by atoms with E-state index < -0.39 is 5.82 Å². The SMILES string of the molecule is CC1(Nc2cc(Cl)c(F)cc2N)CCCOC1. The lowest BCUT2D eigenvalue weighted by molar-refractivity contribution is 0.0540. The zero-order valence-electron chi connectivity index (χ0n) is 9.72. The van der Waals surface area contributed by atoms with Gasteiger partial charge in [-0.3, -0.25) is 0 Å². The average Bonchev–Trinajstić information content (AvgIpc) is 2.26. The van der Waals surface area contributed by atoms with E-state index in [1.165, 1.54) is 12.1 Å². The highest BCUT2D eigenvalue weighted by Gasteiger charge is 2.28. The lowest BCUT2D eigenvalue weighted by Gasteiger charge is -2.35. The number of anilines is 2. The quantitative estimate of drug-likeness (QED) is 0.802. The Morgan fingerprint density at radius 3 is 2.94 bits per heavy atom. The number of nitrogens with two attached hydrogens (primary N) is 1. The van der Waals surface area contributed by atoms with Gasteiger partial charge in [-0.1, -0.05) is 11.6 Å². The summed E-state index contributed by atoms with van der Waals surface area (Å²) in [5.41, 5.74) is 6.61. The molecule has 1 aliphatic rings. The molecule has 1 fully saturated rings. The van der Waals surface area contributed by atoms with Crippen molar-refractivity contribution >= 4 is 23.0 Å². The summed E-state index contributed by atoms with van der Waals surface area (Å²) >= 11 is 5.75. The molecule has 5 heteroatoms. The maximum Gasteiger partial charge on any atom is 0.143 e. The summed E-state index contributed by atoms with van der Waals surface area (Å²) < 4.78 is 18.6. The van der Waals surface area contributed by atoms with Crippen molar-refractivity contribution < 1.29 is 9.13 Å². The topological polar surface area (TPSA) is 47.3 Å². The third-order valence-electron chi connectivity index (χ3n) is 2.97. The minimum Gasteiger partial charge on any atom is -0.397 e. The number of nitrogens with one attached hydrogen (secondary N) is 1. The summed E-state index contributed by atoms with van der Waals surface area (Å²) in [4.78, 5) is 0.